The standard InChI is InChI=1S/C14H19N3O2/c1-5-16-13-11(3)10(2)9-17(13)12(7-6-8-18)14(19)15-4/h5,8-9,12H,1,3,6-7H2,2,4H3,(H,15,19). The molecular weight excluding hydrogens is 242 g/mol. The minimum atomic E-state index is -0.469. The van der Waals surface area contributed by atoms with Crippen molar-refractivity contribution in [1.82, 2.24) is 10.2 Å². The molecule has 1 rings (SSSR count). The first kappa shape index (κ1) is 14.9. The number of amidine groups is 1. The average molecular weight is 261 g/mol. The Balaban J connectivity index is 3.09. The lowest BCUT2D eigenvalue weighted by molar-refractivity contribution is -0.124. The van der Waals surface area contributed by atoms with Crippen molar-refractivity contribution in [2.24, 2.45) is 4.99 Å². The second kappa shape index (κ2) is 6.68. The normalized spacial score (nSPS) is 18.2. The van der Waals surface area contributed by atoms with Crippen molar-refractivity contribution in [1.29, 1.82) is 0 Å². The van der Waals surface area contributed by atoms with Crippen molar-refractivity contribution in [2.45, 2.75) is 25.8 Å². The van der Waals surface area contributed by atoms with Crippen molar-refractivity contribution < 1.29 is 9.59 Å². The third-order valence-corrected chi connectivity index (χ3v) is 2.98. The van der Waals surface area contributed by atoms with Crippen molar-refractivity contribution >= 4 is 18.0 Å². The molecular formula is C14H19N3O2. The maximum Gasteiger partial charge on any atom is 0.242 e. The molecule has 0 fully saturated rings. The SMILES string of the molecule is C=CN=C1C(=C)C(C)=CN1C(CCC=O)C(=O)NC. The lowest BCUT2D eigenvalue weighted by Crippen LogP contribution is -2.45. The van der Waals surface area contributed by atoms with Crippen LogP contribution >= 0.6 is 0 Å². The van der Waals surface area contributed by atoms with Crippen LogP contribution in [0.25, 0.3) is 0 Å². The third kappa shape index (κ3) is 3.19. The van der Waals surface area contributed by atoms with Crippen LogP contribution in [0.15, 0.2) is 41.7 Å². The first-order valence-corrected chi connectivity index (χ1v) is 6.07. The summed E-state index contributed by atoms with van der Waals surface area (Å²) in [5, 5.41) is 2.61. The number of hydrogen-bond acceptors (Lipinski definition) is 3. The highest BCUT2D eigenvalue weighted by atomic mass is 16.2. The number of aldehydes is 1. The van der Waals surface area contributed by atoms with Gasteiger partial charge in [-0.3, -0.25) is 4.79 Å². The van der Waals surface area contributed by atoms with E-state index in [0.717, 1.165) is 17.4 Å². The highest BCUT2D eigenvalue weighted by molar-refractivity contribution is 6.07. The first-order valence-electron chi connectivity index (χ1n) is 6.07. The largest absolute Gasteiger partial charge is 0.357 e. The van der Waals surface area contributed by atoms with E-state index in [1.165, 1.54) is 6.20 Å². The molecule has 0 radical (unpaired) electrons. The molecule has 1 aliphatic heterocycles. The quantitative estimate of drug-likeness (QED) is 0.735. The zero-order valence-electron chi connectivity index (χ0n) is 11.3. The molecule has 0 aliphatic carbocycles. The van der Waals surface area contributed by atoms with Gasteiger partial charge in [0.2, 0.25) is 5.91 Å². The Hall–Kier alpha value is -2.17. The maximum absolute atomic E-state index is 12.0. The minimum Gasteiger partial charge on any atom is -0.357 e. The second-order valence-corrected chi connectivity index (χ2v) is 4.21. The van der Waals surface area contributed by atoms with Gasteiger partial charge in [0.05, 0.1) is 0 Å². The molecule has 5 nitrogen and oxygen atoms in total. The summed E-state index contributed by atoms with van der Waals surface area (Å²) < 4.78 is 0. The molecule has 0 saturated carbocycles. The molecule has 1 unspecified atom stereocenters. The molecule has 0 saturated heterocycles. The number of amides is 1. The van der Waals surface area contributed by atoms with E-state index in [-0.39, 0.29) is 5.91 Å². The lowest BCUT2D eigenvalue weighted by atomic mass is 10.1. The van der Waals surface area contributed by atoms with Gasteiger partial charge in [-0.15, -0.1) is 0 Å². The number of aliphatic imine (C=N–C) groups is 1. The topological polar surface area (TPSA) is 61.8 Å². The summed E-state index contributed by atoms with van der Waals surface area (Å²) in [6, 6.07) is -0.469. The van der Waals surface area contributed by atoms with Crippen LogP contribution in [0.3, 0.4) is 0 Å². The summed E-state index contributed by atoms with van der Waals surface area (Å²) in [6.45, 7) is 9.42. The molecule has 0 aromatic heterocycles. The minimum absolute atomic E-state index is 0.155. The Bertz CT molecular complexity index is 463. The van der Waals surface area contributed by atoms with Crippen LogP contribution < -0.4 is 5.32 Å². The number of rotatable bonds is 6. The zero-order valence-corrected chi connectivity index (χ0v) is 11.3. The first-order chi connectivity index (χ1) is 9.06. The van der Waals surface area contributed by atoms with E-state index in [4.69, 9.17) is 0 Å². The van der Waals surface area contributed by atoms with Gasteiger partial charge in [0, 0.05) is 31.4 Å². The number of nitrogens with one attached hydrogen (secondary N) is 1. The Morgan fingerprint density at radius 2 is 2.32 bits per heavy atom. The molecule has 1 atom stereocenters. The van der Waals surface area contributed by atoms with E-state index < -0.39 is 6.04 Å². The van der Waals surface area contributed by atoms with Crippen molar-refractivity contribution in [3.8, 4) is 0 Å². The Morgan fingerprint density at radius 3 is 2.84 bits per heavy atom. The Morgan fingerprint density at radius 1 is 1.63 bits per heavy atom. The molecule has 0 aromatic rings. The lowest BCUT2D eigenvalue weighted by Gasteiger charge is -2.26. The van der Waals surface area contributed by atoms with E-state index in [9.17, 15) is 9.59 Å². The molecule has 1 heterocycles. The van der Waals surface area contributed by atoms with E-state index in [1.807, 2.05) is 13.1 Å². The van der Waals surface area contributed by atoms with Gasteiger partial charge in [0.25, 0.3) is 0 Å². The fourth-order valence-electron chi connectivity index (χ4n) is 1.94. The number of hydrogen-bond donors (Lipinski definition) is 1. The third-order valence-electron chi connectivity index (χ3n) is 2.98. The molecule has 0 spiro atoms. The van der Waals surface area contributed by atoms with Crippen LogP contribution in [-0.4, -0.2) is 36.0 Å². The smallest absolute Gasteiger partial charge is 0.242 e. The van der Waals surface area contributed by atoms with Crippen molar-refractivity contribution in [3.05, 3.63) is 36.7 Å². The Labute approximate surface area is 113 Å². The van der Waals surface area contributed by atoms with Gasteiger partial charge >= 0.3 is 0 Å². The summed E-state index contributed by atoms with van der Waals surface area (Å²) in [5.74, 6) is 0.448. The van der Waals surface area contributed by atoms with Gasteiger partial charge in [-0.25, -0.2) is 4.99 Å². The van der Waals surface area contributed by atoms with Crippen molar-refractivity contribution in [3.63, 3.8) is 0 Å². The summed E-state index contributed by atoms with van der Waals surface area (Å²) in [5.41, 5.74) is 1.71. The van der Waals surface area contributed by atoms with Crippen LogP contribution in [0.1, 0.15) is 19.8 Å². The van der Waals surface area contributed by atoms with Gasteiger partial charge in [0.15, 0.2) is 0 Å². The van der Waals surface area contributed by atoms with Gasteiger partial charge in [-0.05, 0) is 18.9 Å². The zero-order chi connectivity index (χ0) is 14.4. The molecule has 0 bridgehead atoms. The molecule has 102 valence electrons. The summed E-state index contributed by atoms with van der Waals surface area (Å²) in [6.07, 6.45) is 4.80. The van der Waals surface area contributed by atoms with Crippen LogP contribution in [0.5, 0.6) is 0 Å². The molecule has 5 heteroatoms. The summed E-state index contributed by atoms with van der Waals surface area (Å²) >= 11 is 0. The average Bonchev–Trinajstić information content (AvgIpc) is 2.68. The predicted octanol–water partition coefficient (Wildman–Crippen LogP) is 1.40. The molecule has 1 aliphatic rings. The number of likely N-dealkylation sites (N-methyl/N-ethyl adjacent to an activating group) is 1. The number of nitrogens with zero attached hydrogens (tertiary/aromatic N) is 2. The fraction of sp³-hybridized carbons (Fsp3) is 0.357. The monoisotopic (exact) mass is 261 g/mol. The van der Waals surface area contributed by atoms with Crippen molar-refractivity contribution in [2.75, 3.05) is 7.05 Å². The highest BCUT2D eigenvalue weighted by Gasteiger charge is 2.31. The molecule has 1 N–H and O–H groups in total. The van der Waals surface area contributed by atoms with E-state index in [1.54, 1.807) is 11.9 Å². The fourth-order valence-corrected chi connectivity index (χ4v) is 1.94. The Kier molecular flexibility index (Phi) is 5.23. The summed E-state index contributed by atoms with van der Waals surface area (Å²) in [4.78, 5) is 28.4. The van der Waals surface area contributed by atoms with Crippen LogP contribution in [-0.2, 0) is 9.59 Å². The number of carbonyl (C=O) groups excluding carboxylic acids is 2. The van der Waals surface area contributed by atoms with E-state index in [0.29, 0.717) is 18.7 Å². The van der Waals surface area contributed by atoms with Crippen LogP contribution in [0, 0.1) is 0 Å². The van der Waals surface area contributed by atoms with Crippen LogP contribution in [0.4, 0.5) is 0 Å². The van der Waals surface area contributed by atoms with Gasteiger partial charge in [-0.2, -0.15) is 0 Å². The van der Waals surface area contributed by atoms with Crippen LogP contribution in [0.2, 0.25) is 0 Å². The molecule has 0 aromatic carbocycles. The molecule has 1 amide bonds. The van der Waals surface area contributed by atoms with Gasteiger partial charge in [0.1, 0.15) is 18.2 Å². The number of carbonyl (C=O) groups is 2. The maximum atomic E-state index is 12.0. The highest BCUT2D eigenvalue weighted by Crippen LogP contribution is 2.25. The predicted molar refractivity (Wildman–Crippen MR) is 75.5 cm³/mol. The van der Waals surface area contributed by atoms with E-state index >= 15 is 0 Å². The summed E-state index contributed by atoms with van der Waals surface area (Å²) in [7, 11) is 1.57. The van der Waals surface area contributed by atoms with Gasteiger partial charge in [-0.1, -0.05) is 13.2 Å². The van der Waals surface area contributed by atoms with E-state index in [2.05, 4.69) is 23.5 Å². The second-order valence-electron chi connectivity index (χ2n) is 4.21. The molecule has 19 heavy (non-hydrogen) atoms. The van der Waals surface area contributed by atoms with Gasteiger partial charge < -0.3 is 15.0 Å².